The SMILES string of the molecule is CCC(CC)C(=O)Nc1ccc(Nc2ccc(F)c(F)c2F)nc1. The molecule has 1 heterocycles. The number of aromatic nitrogens is 1. The minimum Gasteiger partial charge on any atom is -0.338 e. The lowest BCUT2D eigenvalue weighted by molar-refractivity contribution is -0.120. The number of rotatable bonds is 6. The highest BCUT2D eigenvalue weighted by molar-refractivity contribution is 5.92. The predicted molar refractivity (Wildman–Crippen MR) is 86.5 cm³/mol. The van der Waals surface area contributed by atoms with Crippen molar-refractivity contribution in [2.45, 2.75) is 26.7 Å². The summed E-state index contributed by atoms with van der Waals surface area (Å²) in [5.74, 6) is -4.05. The first-order valence-corrected chi connectivity index (χ1v) is 7.63. The molecule has 24 heavy (non-hydrogen) atoms. The standard InChI is InChI=1S/C17H18F3N3O/c1-3-10(4-2)17(24)22-11-5-8-14(21-9-11)23-13-7-6-12(18)15(19)16(13)20/h5-10H,3-4H2,1-2H3,(H,21,23)(H,22,24). The number of hydrogen-bond donors (Lipinski definition) is 2. The van der Waals surface area contributed by atoms with Crippen molar-refractivity contribution in [2.75, 3.05) is 10.6 Å². The Bertz CT molecular complexity index is 716. The van der Waals surface area contributed by atoms with Crippen LogP contribution in [-0.2, 0) is 4.79 Å². The first kappa shape index (κ1) is 17.8. The van der Waals surface area contributed by atoms with Crippen LogP contribution in [0, 0.1) is 23.4 Å². The molecule has 0 bridgehead atoms. The molecular formula is C17H18F3N3O. The number of pyridine rings is 1. The van der Waals surface area contributed by atoms with Crippen LogP contribution in [-0.4, -0.2) is 10.9 Å². The smallest absolute Gasteiger partial charge is 0.227 e. The van der Waals surface area contributed by atoms with E-state index in [2.05, 4.69) is 15.6 Å². The number of hydrogen-bond acceptors (Lipinski definition) is 3. The fraction of sp³-hybridized carbons (Fsp3) is 0.294. The van der Waals surface area contributed by atoms with E-state index in [-0.39, 0.29) is 23.3 Å². The average Bonchev–Trinajstić information content (AvgIpc) is 2.58. The van der Waals surface area contributed by atoms with E-state index < -0.39 is 17.5 Å². The maximum atomic E-state index is 13.6. The van der Waals surface area contributed by atoms with E-state index in [9.17, 15) is 18.0 Å². The van der Waals surface area contributed by atoms with Crippen LogP contribution in [0.15, 0.2) is 30.5 Å². The summed E-state index contributed by atoms with van der Waals surface area (Å²) in [6.45, 7) is 3.88. The van der Waals surface area contributed by atoms with Crippen molar-refractivity contribution in [3.05, 3.63) is 47.9 Å². The average molecular weight is 337 g/mol. The highest BCUT2D eigenvalue weighted by Crippen LogP contribution is 2.23. The lowest BCUT2D eigenvalue weighted by atomic mass is 10.0. The largest absolute Gasteiger partial charge is 0.338 e. The number of halogens is 3. The van der Waals surface area contributed by atoms with Gasteiger partial charge in [0.2, 0.25) is 5.91 Å². The van der Waals surface area contributed by atoms with Gasteiger partial charge in [-0.15, -0.1) is 0 Å². The molecule has 0 aliphatic rings. The first-order valence-electron chi connectivity index (χ1n) is 7.63. The van der Waals surface area contributed by atoms with Gasteiger partial charge < -0.3 is 10.6 Å². The van der Waals surface area contributed by atoms with Crippen LogP contribution in [0.2, 0.25) is 0 Å². The second-order valence-corrected chi connectivity index (χ2v) is 5.28. The Kier molecular flexibility index (Phi) is 5.78. The maximum Gasteiger partial charge on any atom is 0.227 e. The topological polar surface area (TPSA) is 54.0 Å². The molecule has 0 radical (unpaired) electrons. The minimum absolute atomic E-state index is 0.0703. The van der Waals surface area contributed by atoms with Crippen molar-refractivity contribution in [3.63, 3.8) is 0 Å². The van der Waals surface area contributed by atoms with Gasteiger partial charge in [0.05, 0.1) is 17.6 Å². The van der Waals surface area contributed by atoms with Crippen LogP contribution in [0.25, 0.3) is 0 Å². The number of anilines is 3. The Balaban J connectivity index is 2.07. The van der Waals surface area contributed by atoms with Crippen LogP contribution in [0.4, 0.5) is 30.4 Å². The van der Waals surface area contributed by atoms with Gasteiger partial charge in [0, 0.05) is 5.92 Å². The summed E-state index contributed by atoms with van der Waals surface area (Å²) in [5.41, 5.74) is 0.276. The molecule has 2 aromatic rings. The number of carbonyl (C=O) groups is 1. The number of amides is 1. The molecule has 2 N–H and O–H groups in total. The molecule has 1 aromatic heterocycles. The summed E-state index contributed by atoms with van der Waals surface area (Å²) in [4.78, 5) is 16.0. The molecule has 0 atom stereocenters. The molecule has 0 fully saturated rings. The molecule has 1 aromatic carbocycles. The molecule has 1 amide bonds. The lowest BCUT2D eigenvalue weighted by Gasteiger charge is -2.13. The van der Waals surface area contributed by atoms with Crippen LogP contribution < -0.4 is 10.6 Å². The number of nitrogens with zero attached hydrogens (tertiary/aromatic N) is 1. The molecule has 0 saturated heterocycles. The molecule has 2 rings (SSSR count). The Morgan fingerprint density at radius 3 is 2.38 bits per heavy atom. The third-order valence-corrected chi connectivity index (χ3v) is 3.69. The molecule has 4 nitrogen and oxygen atoms in total. The number of benzene rings is 1. The van der Waals surface area contributed by atoms with Gasteiger partial charge in [-0.3, -0.25) is 4.79 Å². The van der Waals surface area contributed by atoms with Gasteiger partial charge in [-0.05, 0) is 37.1 Å². The molecule has 0 saturated carbocycles. The van der Waals surface area contributed by atoms with Crippen molar-refractivity contribution >= 4 is 23.1 Å². The zero-order valence-corrected chi connectivity index (χ0v) is 13.4. The third kappa shape index (κ3) is 4.04. The van der Waals surface area contributed by atoms with Crippen molar-refractivity contribution in [1.29, 1.82) is 0 Å². The van der Waals surface area contributed by atoms with Crippen LogP contribution >= 0.6 is 0 Å². The Labute approximate surface area is 138 Å². The summed E-state index contributed by atoms with van der Waals surface area (Å²) in [7, 11) is 0. The number of carbonyl (C=O) groups excluding carboxylic acids is 1. The van der Waals surface area contributed by atoms with Crippen molar-refractivity contribution in [2.24, 2.45) is 5.92 Å². The van der Waals surface area contributed by atoms with E-state index in [0.29, 0.717) is 5.69 Å². The Morgan fingerprint density at radius 1 is 1.08 bits per heavy atom. The minimum atomic E-state index is -1.55. The molecule has 0 spiro atoms. The van der Waals surface area contributed by atoms with Crippen molar-refractivity contribution in [1.82, 2.24) is 4.98 Å². The molecular weight excluding hydrogens is 319 g/mol. The highest BCUT2D eigenvalue weighted by atomic mass is 19.2. The van der Waals surface area contributed by atoms with E-state index in [1.165, 1.54) is 12.3 Å². The van der Waals surface area contributed by atoms with Crippen LogP contribution in [0.5, 0.6) is 0 Å². The molecule has 7 heteroatoms. The van der Waals surface area contributed by atoms with Crippen molar-refractivity contribution in [3.8, 4) is 0 Å². The zero-order chi connectivity index (χ0) is 17.7. The van der Waals surface area contributed by atoms with Gasteiger partial charge in [0.1, 0.15) is 5.82 Å². The molecule has 0 aliphatic heterocycles. The van der Waals surface area contributed by atoms with Gasteiger partial charge in [-0.25, -0.2) is 18.2 Å². The van der Waals surface area contributed by atoms with Crippen LogP contribution in [0.1, 0.15) is 26.7 Å². The summed E-state index contributed by atoms with van der Waals surface area (Å²) >= 11 is 0. The Hall–Kier alpha value is -2.57. The lowest BCUT2D eigenvalue weighted by Crippen LogP contribution is -2.21. The van der Waals surface area contributed by atoms with Gasteiger partial charge in [-0.2, -0.15) is 0 Å². The fourth-order valence-electron chi connectivity index (χ4n) is 2.21. The third-order valence-electron chi connectivity index (χ3n) is 3.69. The van der Waals surface area contributed by atoms with Gasteiger partial charge in [0.15, 0.2) is 17.5 Å². The highest BCUT2D eigenvalue weighted by Gasteiger charge is 2.15. The first-order chi connectivity index (χ1) is 11.5. The van der Waals surface area contributed by atoms with E-state index >= 15 is 0 Å². The van der Waals surface area contributed by atoms with E-state index in [4.69, 9.17) is 0 Å². The summed E-state index contributed by atoms with van der Waals surface area (Å²) in [6, 6.07) is 5.00. The van der Waals surface area contributed by atoms with Gasteiger partial charge in [-0.1, -0.05) is 13.8 Å². The summed E-state index contributed by atoms with van der Waals surface area (Å²) in [6.07, 6.45) is 2.88. The monoisotopic (exact) mass is 337 g/mol. The second kappa shape index (κ2) is 7.81. The van der Waals surface area contributed by atoms with Crippen LogP contribution in [0.3, 0.4) is 0 Å². The normalized spacial score (nSPS) is 10.8. The Morgan fingerprint density at radius 2 is 1.79 bits per heavy atom. The summed E-state index contributed by atoms with van der Waals surface area (Å²) in [5, 5.41) is 5.31. The number of nitrogens with one attached hydrogen (secondary N) is 2. The zero-order valence-electron chi connectivity index (χ0n) is 13.4. The second-order valence-electron chi connectivity index (χ2n) is 5.28. The van der Waals surface area contributed by atoms with Gasteiger partial charge in [0.25, 0.3) is 0 Å². The molecule has 128 valence electrons. The maximum absolute atomic E-state index is 13.6. The van der Waals surface area contributed by atoms with E-state index in [0.717, 1.165) is 25.0 Å². The molecule has 0 aliphatic carbocycles. The fourth-order valence-corrected chi connectivity index (χ4v) is 2.21. The summed E-state index contributed by atoms with van der Waals surface area (Å²) < 4.78 is 39.7. The molecule has 0 unspecified atom stereocenters. The van der Waals surface area contributed by atoms with E-state index in [1.54, 1.807) is 6.07 Å². The van der Waals surface area contributed by atoms with Crippen molar-refractivity contribution < 1.29 is 18.0 Å². The predicted octanol–water partition coefficient (Wildman–Crippen LogP) is 4.62. The van der Waals surface area contributed by atoms with Gasteiger partial charge >= 0.3 is 0 Å². The van der Waals surface area contributed by atoms with E-state index in [1.807, 2.05) is 13.8 Å². The quantitative estimate of drug-likeness (QED) is 0.757.